The Morgan fingerprint density at radius 1 is 1.43 bits per heavy atom. The van der Waals surface area contributed by atoms with E-state index in [1.165, 1.54) is 11.3 Å². The van der Waals surface area contributed by atoms with Gasteiger partial charge in [-0.05, 0) is 19.1 Å². The van der Waals surface area contributed by atoms with Gasteiger partial charge in [0.05, 0.1) is 18.4 Å². The number of rotatable bonds is 3. The average Bonchev–Trinajstić information content (AvgIpc) is 2.97. The Hall–Kier alpha value is -0.990. The molecule has 2 atom stereocenters. The van der Waals surface area contributed by atoms with Gasteiger partial charge in [0.25, 0.3) is 0 Å². The number of anilines is 1. The highest BCUT2D eigenvalue weighted by atomic mass is 79.9. The van der Waals surface area contributed by atoms with Gasteiger partial charge in [-0.2, -0.15) is 0 Å². The van der Waals surface area contributed by atoms with Gasteiger partial charge in [-0.25, -0.2) is 4.98 Å². The highest BCUT2D eigenvalue weighted by Crippen LogP contribution is 2.26. The van der Waals surface area contributed by atoms with Crippen LogP contribution in [0.1, 0.15) is 6.92 Å². The zero-order valence-electron chi connectivity index (χ0n) is 12.4. The Balaban J connectivity index is 0.00000192. The Morgan fingerprint density at radius 3 is 2.87 bits per heavy atom. The molecular formula is C15H17BrClN3O2S. The fourth-order valence-corrected chi connectivity index (χ4v) is 3.28. The van der Waals surface area contributed by atoms with Crippen LogP contribution in [-0.2, 0) is 9.53 Å². The van der Waals surface area contributed by atoms with Crippen LogP contribution >= 0.6 is 39.7 Å². The number of carbonyl (C=O) groups excluding carboxylic acids is 1. The molecule has 1 aromatic heterocycles. The number of halogens is 2. The molecule has 0 spiro atoms. The molecule has 0 unspecified atom stereocenters. The molecule has 1 fully saturated rings. The molecule has 1 amide bonds. The van der Waals surface area contributed by atoms with Crippen LogP contribution in [0.15, 0.2) is 34.1 Å². The number of hydrogen-bond donors (Lipinski definition) is 2. The van der Waals surface area contributed by atoms with Crippen molar-refractivity contribution < 1.29 is 9.53 Å². The summed E-state index contributed by atoms with van der Waals surface area (Å²) in [6, 6.07) is 7.58. The smallest absolute Gasteiger partial charge is 0.245 e. The second-order valence-corrected chi connectivity index (χ2v) is 6.82. The van der Waals surface area contributed by atoms with E-state index in [0.717, 1.165) is 15.7 Å². The van der Waals surface area contributed by atoms with E-state index < -0.39 is 0 Å². The van der Waals surface area contributed by atoms with Gasteiger partial charge in [-0.3, -0.25) is 4.79 Å². The van der Waals surface area contributed by atoms with Gasteiger partial charge in [0, 0.05) is 22.0 Å². The van der Waals surface area contributed by atoms with Crippen LogP contribution in [-0.4, -0.2) is 36.2 Å². The molecule has 0 bridgehead atoms. The number of nitrogens with one attached hydrogen (secondary N) is 2. The lowest BCUT2D eigenvalue weighted by Crippen LogP contribution is -2.53. The number of benzene rings is 1. The average molecular weight is 419 g/mol. The zero-order valence-corrected chi connectivity index (χ0v) is 15.6. The van der Waals surface area contributed by atoms with Crippen LogP contribution in [0.25, 0.3) is 11.3 Å². The van der Waals surface area contributed by atoms with E-state index in [0.29, 0.717) is 18.3 Å². The molecule has 8 heteroatoms. The molecule has 1 aliphatic rings. The molecule has 1 aromatic carbocycles. The minimum absolute atomic E-state index is 0. The van der Waals surface area contributed by atoms with Crippen molar-refractivity contribution in [1.82, 2.24) is 10.3 Å². The van der Waals surface area contributed by atoms with Crippen molar-refractivity contribution in [2.75, 3.05) is 18.5 Å². The Bertz CT molecular complexity index is 665. The van der Waals surface area contributed by atoms with Gasteiger partial charge in [-0.1, -0.05) is 28.1 Å². The summed E-state index contributed by atoms with van der Waals surface area (Å²) in [5.74, 6) is -0.107. The van der Waals surface area contributed by atoms with Crippen LogP contribution < -0.4 is 10.6 Å². The molecular weight excluding hydrogens is 402 g/mol. The van der Waals surface area contributed by atoms with Crippen LogP contribution in [0, 0.1) is 0 Å². The third-order valence-electron chi connectivity index (χ3n) is 3.47. The van der Waals surface area contributed by atoms with Gasteiger partial charge in [-0.15, -0.1) is 23.7 Å². The number of morpholine rings is 1. The number of aromatic nitrogens is 1. The Kier molecular flexibility index (Phi) is 6.55. The fourth-order valence-electron chi connectivity index (χ4n) is 2.29. The van der Waals surface area contributed by atoms with Gasteiger partial charge in [0.2, 0.25) is 5.91 Å². The Labute approximate surface area is 153 Å². The normalized spacial score (nSPS) is 20.6. The summed E-state index contributed by atoms with van der Waals surface area (Å²) in [7, 11) is 0. The van der Waals surface area contributed by atoms with Gasteiger partial charge < -0.3 is 15.4 Å². The molecule has 2 aromatic rings. The van der Waals surface area contributed by atoms with Crippen LogP contribution in [0.2, 0.25) is 0 Å². The highest BCUT2D eigenvalue weighted by Gasteiger charge is 2.28. The highest BCUT2D eigenvalue weighted by molar-refractivity contribution is 9.10. The quantitative estimate of drug-likeness (QED) is 0.803. The zero-order chi connectivity index (χ0) is 15.5. The number of carbonyl (C=O) groups is 1. The van der Waals surface area contributed by atoms with E-state index in [1.807, 2.05) is 36.6 Å². The second kappa shape index (κ2) is 8.21. The predicted molar refractivity (Wildman–Crippen MR) is 98.3 cm³/mol. The third kappa shape index (κ3) is 4.51. The summed E-state index contributed by atoms with van der Waals surface area (Å²) < 4.78 is 6.52. The number of nitrogens with zero attached hydrogens (tertiary/aromatic N) is 1. The largest absolute Gasteiger partial charge is 0.375 e. The van der Waals surface area contributed by atoms with Crippen LogP contribution in [0.3, 0.4) is 0 Å². The molecule has 124 valence electrons. The molecule has 5 nitrogen and oxygen atoms in total. The molecule has 2 heterocycles. The summed E-state index contributed by atoms with van der Waals surface area (Å²) in [6.45, 7) is 3.21. The first-order chi connectivity index (χ1) is 10.6. The number of ether oxygens (including phenoxy) is 1. The minimum Gasteiger partial charge on any atom is -0.375 e. The summed E-state index contributed by atoms with van der Waals surface area (Å²) in [5, 5.41) is 8.57. The minimum atomic E-state index is -0.339. The molecule has 0 aliphatic carbocycles. The van der Waals surface area contributed by atoms with E-state index in [4.69, 9.17) is 4.74 Å². The van der Waals surface area contributed by atoms with Crippen LogP contribution in [0.5, 0.6) is 0 Å². The molecule has 1 aliphatic heterocycles. The van der Waals surface area contributed by atoms with Gasteiger partial charge in [0.1, 0.15) is 6.04 Å². The molecule has 3 rings (SSSR count). The maximum atomic E-state index is 12.3. The van der Waals surface area contributed by atoms with E-state index in [-0.39, 0.29) is 30.5 Å². The standard InChI is InChI=1S/C15H16BrN3O2S.ClH/c1-9-13(17-6-7-21-9)14(20)19-15-18-12(8-22-15)10-2-4-11(16)5-3-10;/h2-5,8-9,13,17H,6-7H2,1H3,(H,18,19,20);1H/t9-,13+;/m1./s1. The van der Waals surface area contributed by atoms with Crippen molar-refractivity contribution in [1.29, 1.82) is 0 Å². The fraction of sp³-hybridized carbons (Fsp3) is 0.333. The Morgan fingerprint density at radius 2 is 2.17 bits per heavy atom. The number of amides is 1. The predicted octanol–water partition coefficient (Wildman–Crippen LogP) is 3.31. The van der Waals surface area contributed by atoms with E-state index >= 15 is 0 Å². The number of thiazole rings is 1. The van der Waals surface area contributed by atoms with Crippen molar-refractivity contribution in [2.24, 2.45) is 0 Å². The first-order valence-electron chi connectivity index (χ1n) is 7.01. The monoisotopic (exact) mass is 417 g/mol. The van der Waals surface area contributed by atoms with Gasteiger partial charge >= 0.3 is 0 Å². The maximum Gasteiger partial charge on any atom is 0.245 e. The lowest BCUT2D eigenvalue weighted by atomic mass is 10.1. The summed E-state index contributed by atoms with van der Waals surface area (Å²) >= 11 is 4.83. The lowest BCUT2D eigenvalue weighted by molar-refractivity contribution is -0.123. The second-order valence-electron chi connectivity index (χ2n) is 5.04. The number of hydrogen-bond acceptors (Lipinski definition) is 5. The lowest BCUT2D eigenvalue weighted by Gasteiger charge is -2.28. The first-order valence-corrected chi connectivity index (χ1v) is 8.68. The van der Waals surface area contributed by atoms with Gasteiger partial charge in [0.15, 0.2) is 5.13 Å². The molecule has 2 N–H and O–H groups in total. The van der Waals surface area contributed by atoms with E-state index in [9.17, 15) is 4.79 Å². The van der Waals surface area contributed by atoms with Crippen LogP contribution in [0.4, 0.5) is 5.13 Å². The first kappa shape index (κ1) is 18.4. The topological polar surface area (TPSA) is 63.2 Å². The summed E-state index contributed by atoms with van der Waals surface area (Å²) in [6.07, 6.45) is -0.139. The molecule has 23 heavy (non-hydrogen) atoms. The molecule has 0 radical (unpaired) electrons. The van der Waals surface area contributed by atoms with E-state index in [2.05, 4.69) is 31.5 Å². The van der Waals surface area contributed by atoms with Crippen molar-refractivity contribution >= 4 is 50.7 Å². The summed E-state index contributed by atoms with van der Waals surface area (Å²) in [4.78, 5) is 16.7. The molecule has 0 saturated carbocycles. The van der Waals surface area contributed by atoms with Crippen molar-refractivity contribution in [3.8, 4) is 11.3 Å². The van der Waals surface area contributed by atoms with Crippen molar-refractivity contribution in [3.05, 3.63) is 34.1 Å². The third-order valence-corrected chi connectivity index (χ3v) is 4.76. The van der Waals surface area contributed by atoms with Crippen molar-refractivity contribution in [3.63, 3.8) is 0 Å². The SMILES string of the molecule is C[C@H]1OCCN[C@@H]1C(=O)Nc1nc(-c2ccc(Br)cc2)cs1.Cl. The molecule has 1 saturated heterocycles. The van der Waals surface area contributed by atoms with Crippen molar-refractivity contribution in [2.45, 2.75) is 19.1 Å². The summed E-state index contributed by atoms with van der Waals surface area (Å²) in [5.41, 5.74) is 1.88. The maximum absolute atomic E-state index is 12.3. The van der Waals surface area contributed by atoms with E-state index in [1.54, 1.807) is 0 Å².